The number of guanidine groups is 1. The molecule has 2 heterocycles. The van der Waals surface area contributed by atoms with E-state index in [9.17, 15) is 0 Å². The van der Waals surface area contributed by atoms with Crippen LogP contribution in [0, 0.1) is 0 Å². The van der Waals surface area contributed by atoms with E-state index >= 15 is 0 Å². The van der Waals surface area contributed by atoms with Crippen LogP contribution in [0.25, 0.3) is 0 Å². The van der Waals surface area contributed by atoms with Gasteiger partial charge >= 0.3 is 0 Å². The molecule has 1 aromatic rings. The molecule has 0 unspecified atom stereocenters. The van der Waals surface area contributed by atoms with Gasteiger partial charge < -0.3 is 15.4 Å². The van der Waals surface area contributed by atoms with Crippen LogP contribution in [0.5, 0.6) is 0 Å². The maximum absolute atomic E-state index is 5.54. The van der Waals surface area contributed by atoms with Crippen LogP contribution in [0.15, 0.2) is 22.5 Å². The van der Waals surface area contributed by atoms with Crippen molar-refractivity contribution in [2.75, 3.05) is 38.6 Å². The summed E-state index contributed by atoms with van der Waals surface area (Å²) in [6, 6.07) is 4.29. The van der Waals surface area contributed by atoms with Gasteiger partial charge in [-0.2, -0.15) is 11.8 Å². The largest absolute Gasteiger partial charge is 0.381 e. The molecular formula is C17H30IN3OS2. The van der Waals surface area contributed by atoms with Gasteiger partial charge in [0.05, 0.1) is 6.54 Å². The second kappa shape index (κ2) is 12.4. The SMILES string of the molecule is CCNC(=NCC1(SCC)CCOCC1)NCCc1cccs1.I. The van der Waals surface area contributed by atoms with Crippen LogP contribution in [0.4, 0.5) is 0 Å². The highest BCUT2D eigenvalue weighted by Crippen LogP contribution is 2.35. The summed E-state index contributed by atoms with van der Waals surface area (Å²) >= 11 is 3.85. The predicted octanol–water partition coefficient (Wildman–Crippen LogP) is 3.77. The molecule has 7 heteroatoms. The van der Waals surface area contributed by atoms with E-state index in [2.05, 4.69) is 42.0 Å². The minimum Gasteiger partial charge on any atom is -0.381 e. The molecule has 1 fully saturated rings. The molecule has 0 saturated carbocycles. The maximum Gasteiger partial charge on any atom is 0.191 e. The standard InChI is InChI=1S/C17H29N3OS2.HI/c1-3-18-16(19-10-7-15-6-5-13-22-15)20-14-17(23-4-2)8-11-21-12-9-17;/h5-6,13H,3-4,7-12,14H2,1-2H3,(H2,18,19,20);1H. The van der Waals surface area contributed by atoms with Crippen LogP contribution in [0.1, 0.15) is 31.6 Å². The Morgan fingerprint density at radius 3 is 2.75 bits per heavy atom. The average Bonchev–Trinajstić information content (AvgIpc) is 3.07. The third-order valence-corrected chi connectivity index (χ3v) is 6.34. The fourth-order valence-corrected chi connectivity index (χ4v) is 4.65. The molecule has 2 N–H and O–H groups in total. The Kier molecular flexibility index (Phi) is 11.4. The van der Waals surface area contributed by atoms with Crippen molar-refractivity contribution in [2.45, 2.75) is 37.9 Å². The summed E-state index contributed by atoms with van der Waals surface area (Å²) in [5.74, 6) is 2.07. The Balaban J connectivity index is 0.00000288. The Morgan fingerprint density at radius 1 is 1.33 bits per heavy atom. The lowest BCUT2D eigenvalue weighted by Gasteiger charge is -2.35. The fraction of sp³-hybridized carbons (Fsp3) is 0.706. The molecule has 0 atom stereocenters. The molecule has 0 aliphatic carbocycles. The van der Waals surface area contributed by atoms with E-state index in [0.29, 0.717) is 0 Å². The average molecular weight is 483 g/mol. The van der Waals surface area contributed by atoms with Gasteiger partial charge in [-0.1, -0.05) is 13.0 Å². The summed E-state index contributed by atoms with van der Waals surface area (Å²) in [6.07, 6.45) is 3.25. The topological polar surface area (TPSA) is 45.7 Å². The van der Waals surface area contributed by atoms with Crippen LogP contribution in [0.2, 0.25) is 0 Å². The summed E-state index contributed by atoms with van der Waals surface area (Å²) in [7, 11) is 0. The van der Waals surface area contributed by atoms with E-state index in [4.69, 9.17) is 9.73 Å². The van der Waals surface area contributed by atoms with E-state index in [0.717, 1.165) is 63.8 Å². The second-order valence-electron chi connectivity index (χ2n) is 5.68. The Morgan fingerprint density at radius 2 is 2.12 bits per heavy atom. The lowest BCUT2D eigenvalue weighted by molar-refractivity contribution is 0.0793. The van der Waals surface area contributed by atoms with E-state index in [1.807, 2.05) is 23.1 Å². The smallest absolute Gasteiger partial charge is 0.191 e. The van der Waals surface area contributed by atoms with Crippen molar-refractivity contribution in [2.24, 2.45) is 4.99 Å². The number of nitrogens with zero attached hydrogens (tertiary/aromatic N) is 1. The van der Waals surface area contributed by atoms with E-state index < -0.39 is 0 Å². The van der Waals surface area contributed by atoms with Crippen molar-refractivity contribution in [1.82, 2.24) is 10.6 Å². The lowest BCUT2D eigenvalue weighted by atomic mass is 9.99. The van der Waals surface area contributed by atoms with Gasteiger partial charge in [0.25, 0.3) is 0 Å². The number of nitrogens with one attached hydrogen (secondary N) is 2. The molecule has 0 radical (unpaired) electrons. The molecular weight excluding hydrogens is 453 g/mol. The van der Waals surface area contributed by atoms with Gasteiger partial charge in [0.1, 0.15) is 0 Å². The monoisotopic (exact) mass is 483 g/mol. The molecule has 0 bridgehead atoms. The lowest BCUT2D eigenvalue weighted by Crippen LogP contribution is -2.41. The third kappa shape index (κ3) is 7.49. The molecule has 0 aromatic carbocycles. The van der Waals surface area contributed by atoms with Gasteiger partial charge in [-0.15, -0.1) is 35.3 Å². The number of aliphatic imine (C=N–C) groups is 1. The molecule has 1 aliphatic rings. The highest BCUT2D eigenvalue weighted by molar-refractivity contribution is 14.0. The van der Waals surface area contributed by atoms with Crippen LogP contribution >= 0.6 is 47.1 Å². The number of hydrogen-bond donors (Lipinski definition) is 2. The number of thioether (sulfide) groups is 1. The third-order valence-electron chi connectivity index (χ3n) is 3.97. The quantitative estimate of drug-likeness (QED) is 0.336. The molecule has 138 valence electrons. The van der Waals surface area contributed by atoms with Crippen molar-refractivity contribution >= 4 is 53.0 Å². The van der Waals surface area contributed by atoms with Gasteiger partial charge in [0.2, 0.25) is 0 Å². The molecule has 1 saturated heterocycles. The van der Waals surface area contributed by atoms with E-state index in [1.165, 1.54) is 4.88 Å². The van der Waals surface area contributed by atoms with Crippen molar-refractivity contribution in [3.05, 3.63) is 22.4 Å². The summed E-state index contributed by atoms with van der Waals surface area (Å²) in [5, 5.41) is 8.96. The first-order chi connectivity index (χ1) is 11.3. The number of rotatable bonds is 8. The van der Waals surface area contributed by atoms with Crippen LogP contribution in [-0.4, -0.2) is 49.3 Å². The van der Waals surface area contributed by atoms with Crippen molar-refractivity contribution in [3.8, 4) is 0 Å². The van der Waals surface area contributed by atoms with E-state index in [1.54, 1.807) is 0 Å². The number of thiophene rings is 1. The first-order valence-corrected chi connectivity index (χ1v) is 10.4. The Labute approximate surface area is 171 Å². The number of ether oxygens (including phenoxy) is 1. The van der Waals surface area contributed by atoms with Gasteiger partial charge in [-0.05, 0) is 43.4 Å². The molecule has 24 heavy (non-hydrogen) atoms. The summed E-state index contributed by atoms with van der Waals surface area (Å²) < 4.78 is 5.79. The zero-order valence-corrected chi connectivity index (χ0v) is 18.6. The Bertz CT molecular complexity index is 457. The van der Waals surface area contributed by atoms with Gasteiger partial charge in [0, 0.05) is 35.9 Å². The zero-order valence-electron chi connectivity index (χ0n) is 14.7. The highest BCUT2D eigenvalue weighted by Gasteiger charge is 2.32. The van der Waals surface area contributed by atoms with Crippen molar-refractivity contribution in [1.29, 1.82) is 0 Å². The normalized spacial score (nSPS) is 17.2. The van der Waals surface area contributed by atoms with E-state index in [-0.39, 0.29) is 28.7 Å². The van der Waals surface area contributed by atoms with Crippen LogP contribution in [0.3, 0.4) is 0 Å². The number of hydrogen-bond acceptors (Lipinski definition) is 4. The minimum atomic E-state index is 0. The van der Waals surface area contributed by atoms with Crippen molar-refractivity contribution < 1.29 is 4.74 Å². The summed E-state index contributed by atoms with van der Waals surface area (Å²) in [6.45, 7) is 8.75. The maximum atomic E-state index is 5.54. The summed E-state index contributed by atoms with van der Waals surface area (Å²) in [4.78, 5) is 6.28. The fourth-order valence-electron chi connectivity index (χ4n) is 2.72. The molecule has 4 nitrogen and oxygen atoms in total. The first-order valence-electron chi connectivity index (χ1n) is 8.54. The molecule has 0 spiro atoms. The van der Waals surface area contributed by atoms with Gasteiger partial charge in [-0.3, -0.25) is 4.99 Å². The molecule has 1 aromatic heterocycles. The second-order valence-corrected chi connectivity index (χ2v) is 8.44. The summed E-state index contributed by atoms with van der Waals surface area (Å²) in [5.41, 5.74) is 0. The van der Waals surface area contributed by atoms with Gasteiger partial charge in [-0.25, -0.2) is 0 Å². The van der Waals surface area contributed by atoms with Crippen LogP contribution in [-0.2, 0) is 11.2 Å². The predicted molar refractivity (Wildman–Crippen MR) is 118 cm³/mol. The Hall–Kier alpha value is 0.01000. The molecule has 1 aliphatic heterocycles. The zero-order chi connectivity index (χ0) is 16.4. The molecule has 0 amide bonds. The number of halogens is 1. The van der Waals surface area contributed by atoms with Crippen molar-refractivity contribution in [3.63, 3.8) is 0 Å². The first kappa shape index (κ1) is 22.1. The highest BCUT2D eigenvalue weighted by atomic mass is 127. The van der Waals surface area contributed by atoms with Crippen LogP contribution < -0.4 is 10.6 Å². The molecule has 2 rings (SSSR count). The van der Waals surface area contributed by atoms with Gasteiger partial charge in [0.15, 0.2) is 5.96 Å². The minimum absolute atomic E-state index is 0.